The second-order valence-electron chi connectivity index (χ2n) is 7.25. The molecule has 3 heterocycles. The summed E-state index contributed by atoms with van der Waals surface area (Å²) < 4.78 is 0. The number of fused-ring (bicyclic) bond motifs is 1. The van der Waals surface area contributed by atoms with Crippen molar-refractivity contribution in [3.8, 4) is 0 Å². The summed E-state index contributed by atoms with van der Waals surface area (Å²) in [6.45, 7) is 4.24. The van der Waals surface area contributed by atoms with Crippen molar-refractivity contribution in [2.24, 2.45) is 0 Å². The predicted octanol–water partition coefficient (Wildman–Crippen LogP) is 0.124. The SMILES string of the molecule is O=C([C@@H]1Cc2ccccc2CN1)N1CCC[C@H](N2CCNCC2=O)C1. The van der Waals surface area contributed by atoms with E-state index in [2.05, 4.69) is 22.8 Å². The van der Waals surface area contributed by atoms with Crippen LogP contribution in [-0.4, -0.2) is 66.4 Å². The molecule has 0 aromatic heterocycles. The van der Waals surface area contributed by atoms with Crippen LogP contribution in [0.3, 0.4) is 0 Å². The minimum Gasteiger partial charge on any atom is -0.339 e. The largest absolute Gasteiger partial charge is 0.339 e. The standard InChI is InChI=1S/C19H26N4O2/c24-18-12-20-7-9-23(18)16-6-3-8-22(13-16)19(25)17-10-14-4-1-2-5-15(14)11-21-17/h1-2,4-5,16-17,20-21H,3,6-13H2/t16-,17-/m0/s1. The van der Waals surface area contributed by atoms with Crippen LogP contribution in [-0.2, 0) is 22.6 Å². The predicted molar refractivity (Wildman–Crippen MR) is 95.0 cm³/mol. The fourth-order valence-corrected chi connectivity index (χ4v) is 4.27. The molecule has 3 aliphatic heterocycles. The number of rotatable bonds is 2. The number of carbonyl (C=O) groups is 2. The van der Waals surface area contributed by atoms with Crippen LogP contribution >= 0.6 is 0 Å². The molecule has 25 heavy (non-hydrogen) atoms. The number of likely N-dealkylation sites (tertiary alicyclic amines) is 1. The molecule has 0 spiro atoms. The lowest BCUT2D eigenvalue weighted by molar-refractivity contribution is -0.141. The summed E-state index contributed by atoms with van der Waals surface area (Å²) in [5, 5.41) is 6.51. The highest BCUT2D eigenvalue weighted by atomic mass is 16.2. The van der Waals surface area contributed by atoms with Gasteiger partial charge in [-0.25, -0.2) is 0 Å². The van der Waals surface area contributed by atoms with Gasteiger partial charge in [0.2, 0.25) is 11.8 Å². The molecule has 2 fully saturated rings. The third-order valence-corrected chi connectivity index (χ3v) is 5.65. The average Bonchev–Trinajstić information content (AvgIpc) is 2.67. The van der Waals surface area contributed by atoms with Crippen LogP contribution in [0.4, 0.5) is 0 Å². The van der Waals surface area contributed by atoms with Gasteiger partial charge in [0, 0.05) is 38.8 Å². The van der Waals surface area contributed by atoms with Crippen LogP contribution in [0.2, 0.25) is 0 Å². The molecule has 4 rings (SSSR count). The Morgan fingerprint density at radius 1 is 1.12 bits per heavy atom. The van der Waals surface area contributed by atoms with Crippen LogP contribution in [0, 0.1) is 0 Å². The number of piperazine rings is 1. The van der Waals surface area contributed by atoms with E-state index in [0.29, 0.717) is 13.1 Å². The first kappa shape index (κ1) is 16.5. The molecule has 1 aromatic carbocycles. The highest BCUT2D eigenvalue weighted by Gasteiger charge is 2.34. The fourth-order valence-electron chi connectivity index (χ4n) is 4.27. The van der Waals surface area contributed by atoms with Crippen LogP contribution < -0.4 is 10.6 Å². The van der Waals surface area contributed by atoms with Gasteiger partial charge in [0.05, 0.1) is 12.6 Å². The van der Waals surface area contributed by atoms with Gasteiger partial charge in [0.25, 0.3) is 0 Å². The van der Waals surface area contributed by atoms with E-state index in [1.807, 2.05) is 21.9 Å². The van der Waals surface area contributed by atoms with Crippen LogP contribution in [0.1, 0.15) is 24.0 Å². The van der Waals surface area contributed by atoms with Gasteiger partial charge in [0.1, 0.15) is 0 Å². The Labute approximate surface area is 148 Å². The van der Waals surface area contributed by atoms with Crippen LogP contribution in [0.15, 0.2) is 24.3 Å². The van der Waals surface area contributed by atoms with Gasteiger partial charge in [-0.1, -0.05) is 24.3 Å². The summed E-state index contributed by atoms with van der Waals surface area (Å²) >= 11 is 0. The monoisotopic (exact) mass is 342 g/mol. The maximum atomic E-state index is 13.0. The van der Waals surface area contributed by atoms with Crippen molar-refractivity contribution in [1.29, 1.82) is 0 Å². The van der Waals surface area contributed by atoms with Crippen molar-refractivity contribution in [2.45, 2.75) is 37.9 Å². The van der Waals surface area contributed by atoms with E-state index in [1.54, 1.807) is 0 Å². The van der Waals surface area contributed by atoms with Gasteiger partial charge in [-0.15, -0.1) is 0 Å². The summed E-state index contributed by atoms with van der Waals surface area (Å²) in [7, 11) is 0. The summed E-state index contributed by atoms with van der Waals surface area (Å²) in [6.07, 6.45) is 2.72. The fraction of sp³-hybridized carbons (Fsp3) is 0.579. The summed E-state index contributed by atoms with van der Waals surface area (Å²) in [6, 6.07) is 8.35. The van der Waals surface area contributed by atoms with Crippen molar-refractivity contribution in [1.82, 2.24) is 20.4 Å². The third kappa shape index (κ3) is 3.41. The average molecular weight is 342 g/mol. The number of hydrogen-bond acceptors (Lipinski definition) is 4. The molecule has 6 nitrogen and oxygen atoms in total. The Morgan fingerprint density at radius 3 is 2.80 bits per heavy atom. The highest BCUT2D eigenvalue weighted by Crippen LogP contribution is 2.21. The van der Waals surface area contributed by atoms with Gasteiger partial charge >= 0.3 is 0 Å². The summed E-state index contributed by atoms with van der Waals surface area (Å²) in [5.41, 5.74) is 2.56. The minimum absolute atomic E-state index is 0.146. The number of benzene rings is 1. The second-order valence-corrected chi connectivity index (χ2v) is 7.25. The van der Waals surface area contributed by atoms with Gasteiger partial charge in [-0.3, -0.25) is 9.59 Å². The van der Waals surface area contributed by atoms with Crippen molar-refractivity contribution in [2.75, 3.05) is 32.7 Å². The molecule has 2 saturated heterocycles. The zero-order chi connectivity index (χ0) is 17.2. The van der Waals surface area contributed by atoms with Gasteiger partial charge in [0.15, 0.2) is 0 Å². The zero-order valence-electron chi connectivity index (χ0n) is 14.5. The van der Waals surface area contributed by atoms with E-state index in [-0.39, 0.29) is 23.9 Å². The molecule has 2 amide bonds. The third-order valence-electron chi connectivity index (χ3n) is 5.65. The molecule has 0 unspecified atom stereocenters. The van der Waals surface area contributed by atoms with Crippen molar-refractivity contribution >= 4 is 11.8 Å². The molecular weight excluding hydrogens is 316 g/mol. The normalized spacial score (nSPS) is 27.1. The molecular formula is C19H26N4O2. The Morgan fingerprint density at radius 2 is 1.96 bits per heavy atom. The molecule has 0 saturated carbocycles. The Balaban J connectivity index is 1.41. The quantitative estimate of drug-likeness (QED) is 0.802. The van der Waals surface area contributed by atoms with E-state index >= 15 is 0 Å². The Bertz CT molecular complexity index is 663. The molecule has 6 heteroatoms. The topological polar surface area (TPSA) is 64.7 Å². The number of amides is 2. The molecule has 0 aliphatic carbocycles. The van der Waals surface area contributed by atoms with E-state index in [0.717, 1.165) is 45.4 Å². The first-order valence-corrected chi connectivity index (χ1v) is 9.31. The molecule has 3 aliphatic rings. The minimum atomic E-state index is -0.146. The zero-order valence-corrected chi connectivity index (χ0v) is 14.5. The van der Waals surface area contributed by atoms with Gasteiger partial charge in [-0.05, 0) is 30.4 Å². The number of hydrogen-bond donors (Lipinski definition) is 2. The molecule has 2 atom stereocenters. The summed E-state index contributed by atoms with van der Waals surface area (Å²) in [4.78, 5) is 29.1. The molecule has 0 bridgehead atoms. The van der Waals surface area contributed by atoms with Crippen LogP contribution in [0.5, 0.6) is 0 Å². The Kier molecular flexibility index (Phi) is 4.72. The lowest BCUT2D eigenvalue weighted by Crippen LogP contribution is -2.59. The number of piperidine rings is 1. The number of carbonyl (C=O) groups excluding carboxylic acids is 2. The highest BCUT2D eigenvalue weighted by molar-refractivity contribution is 5.83. The van der Waals surface area contributed by atoms with E-state index in [4.69, 9.17) is 0 Å². The van der Waals surface area contributed by atoms with Crippen molar-refractivity contribution < 1.29 is 9.59 Å². The van der Waals surface area contributed by atoms with Crippen LogP contribution in [0.25, 0.3) is 0 Å². The lowest BCUT2D eigenvalue weighted by Gasteiger charge is -2.42. The number of nitrogens with one attached hydrogen (secondary N) is 2. The van der Waals surface area contributed by atoms with Crippen molar-refractivity contribution in [3.63, 3.8) is 0 Å². The molecule has 0 radical (unpaired) electrons. The van der Waals surface area contributed by atoms with Crippen molar-refractivity contribution in [3.05, 3.63) is 35.4 Å². The Hall–Kier alpha value is -1.92. The van der Waals surface area contributed by atoms with Gasteiger partial charge in [-0.2, -0.15) is 0 Å². The van der Waals surface area contributed by atoms with E-state index < -0.39 is 0 Å². The lowest BCUT2D eigenvalue weighted by atomic mass is 9.94. The van der Waals surface area contributed by atoms with E-state index in [1.165, 1.54) is 11.1 Å². The first-order chi connectivity index (χ1) is 12.2. The molecule has 2 N–H and O–H groups in total. The first-order valence-electron chi connectivity index (χ1n) is 9.31. The van der Waals surface area contributed by atoms with Gasteiger partial charge < -0.3 is 20.4 Å². The second kappa shape index (κ2) is 7.14. The molecule has 1 aromatic rings. The maximum absolute atomic E-state index is 13.0. The molecule has 134 valence electrons. The maximum Gasteiger partial charge on any atom is 0.240 e. The van der Waals surface area contributed by atoms with E-state index in [9.17, 15) is 9.59 Å². The summed E-state index contributed by atoms with van der Waals surface area (Å²) in [5.74, 6) is 0.344. The smallest absolute Gasteiger partial charge is 0.240 e. The number of nitrogens with zero attached hydrogens (tertiary/aromatic N) is 2.